The second-order valence-corrected chi connectivity index (χ2v) is 7.73. The van der Waals surface area contributed by atoms with Crippen LogP contribution in [0.2, 0.25) is 0 Å². The molecule has 0 bridgehead atoms. The number of hydrogen-bond donors (Lipinski definition) is 2. The van der Waals surface area contributed by atoms with E-state index in [1.165, 1.54) is 29.0 Å². The normalized spacial score (nSPS) is 19.5. The average molecular weight is 398 g/mol. The quantitative estimate of drug-likeness (QED) is 0.552. The zero-order valence-corrected chi connectivity index (χ0v) is 15.5. The predicted octanol–water partition coefficient (Wildman–Crippen LogP) is 3.34. The molecule has 9 heteroatoms. The van der Waals surface area contributed by atoms with Crippen LogP contribution in [-0.2, 0) is 6.42 Å². The molecule has 2 atom stereocenters. The van der Waals surface area contributed by atoms with Gasteiger partial charge in [0.15, 0.2) is 5.82 Å². The van der Waals surface area contributed by atoms with Crippen molar-refractivity contribution in [3.05, 3.63) is 82.1 Å². The maximum absolute atomic E-state index is 13.4. The summed E-state index contributed by atoms with van der Waals surface area (Å²) >= 11 is 1.46. The summed E-state index contributed by atoms with van der Waals surface area (Å²) in [5, 5.41) is 13.8. The van der Waals surface area contributed by atoms with Gasteiger partial charge in [-0.1, -0.05) is 41.7 Å². The Hall–Kier alpha value is -2.75. The first-order chi connectivity index (χ1) is 13.7. The SMILES string of the molecule is Fc1cc(F)cc(Cc2nnc3sc(C4CC(c5ccccc5)NN4)nn23)c1. The van der Waals surface area contributed by atoms with Crippen molar-refractivity contribution in [3.63, 3.8) is 0 Å². The lowest BCUT2D eigenvalue weighted by Gasteiger charge is -2.08. The van der Waals surface area contributed by atoms with Gasteiger partial charge in [-0.25, -0.2) is 19.6 Å². The highest BCUT2D eigenvalue weighted by Crippen LogP contribution is 2.32. The lowest BCUT2D eigenvalue weighted by atomic mass is 10.0. The molecular formula is C19H16F2N6S. The number of hydrazine groups is 1. The Morgan fingerprint density at radius 3 is 2.54 bits per heavy atom. The third-order valence-corrected chi connectivity index (χ3v) is 5.77. The fourth-order valence-corrected chi connectivity index (χ4v) is 4.36. The summed E-state index contributed by atoms with van der Waals surface area (Å²) in [4.78, 5) is 0.659. The molecule has 142 valence electrons. The fourth-order valence-electron chi connectivity index (χ4n) is 3.44. The molecular weight excluding hydrogens is 382 g/mol. The van der Waals surface area contributed by atoms with Gasteiger partial charge in [0.25, 0.3) is 0 Å². The highest BCUT2D eigenvalue weighted by Gasteiger charge is 2.29. The lowest BCUT2D eigenvalue weighted by molar-refractivity contribution is 0.550. The van der Waals surface area contributed by atoms with Gasteiger partial charge in [0, 0.05) is 18.5 Å². The topological polar surface area (TPSA) is 67.1 Å². The summed E-state index contributed by atoms with van der Waals surface area (Å²) < 4.78 is 28.5. The van der Waals surface area contributed by atoms with E-state index in [0.29, 0.717) is 16.3 Å². The smallest absolute Gasteiger partial charge is 0.234 e. The van der Waals surface area contributed by atoms with Crippen molar-refractivity contribution in [1.82, 2.24) is 30.7 Å². The molecule has 0 amide bonds. The van der Waals surface area contributed by atoms with Crippen LogP contribution in [0.25, 0.3) is 4.96 Å². The van der Waals surface area contributed by atoms with Gasteiger partial charge in [0.1, 0.15) is 16.6 Å². The van der Waals surface area contributed by atoms with Crippen LogP contribution in [0.15, 0.2) is 48.5 Å². The molecule has 0 spiro atoms. The van der Waals surface area contributed by atoms with Gasteiger partial charge in [0.2, 0.25) is 4.96 Å². The summed E-state index contributed by atoms with van der Waals surface area (Å²) in [5.41, 5.74) is 8.32. The maximum Gasteiger partial charge on any atom is 0.234 e. The number of nitrogens with one attached hydrogen (secondary N) is 2. The first-order valence-corrected chi connectivity index (χ1v) is 9.69. The minimum absolute atomic E-state index is 0.0522. The van der Waals surface area contributed by atoms with E-state index in [2.05, 4.69) is 38.3 Å². The third kappa shape index (κ3) is 3.28. The Morgan fingerprint density at radius 1 is 1.00 bits per heavy atom. The Bertz CT molecular complexity index is 1110. The number of aromatic nitrogens is 4. The van der Waals surface area contributed by atoms with Crippen molar-refractivity contribution >= 4 is 16.3 Å². The summed E-state index contributed by atoms with van der Waals surface area (Å²) in [6, 6.07) is 13.9. The molecule has 2 aromatic heterocycles. The second-order valence-electron chi connectivity index (χ2n) is 6.75. The van der Waals surface area contributed by atoms with Crippen LogP contribution in [0.5, 0.6) is 0 Å². The van der Waals surface area contributed by atoms with Gasteiger partial charge in [-0.15, -0.1) is 10.2 Å². The van der Waals surface area contributed by atoms with Crippen molar-refractivity contribution in [2.24, 2.45) is 0 Å². The monoisotopic (exact) mass is 398 g/mol. The maximum atomic E-state index is 13.4. The molecule has 2 aromatic carbocycles. The highest BCUT2D eigenvalue weighted by atomic mass is 32.1. The number of rotatable bonds is 4. The molecule has 2 N–H and O–H groups in total. The Labute approximate surface area is 163 Å². The average Bonchev–Trinajstić information content (AvgIpc) is 3.38. The molecule has 0 saturated carbocycles. The van der Waals surface area contributed by atoms with Crippen LogP contribution in [0, 0.1) is 11.6 Å². The van der Waals surface area contributed by atoms with E-state index in [-0.39, 0.29) is 18.5 Å². The van der Waals surface area contributed by atoms with Crippen LogP contribution >= 0.6 is 11.3 Å². The van der Waals surface area contributed by atoms with Crippen molar-refractivity contribution in [1.29, 1.82) is 0 Å². The molecule has 1 saturated heterocycles. The first-order valence-electron chi connectivity index (χ1n) is 8.88. The van der Waals surface area contributed by atoms with E-state index in [1.54, 1.807) is 4.52 Å². The molecule has 1 aliphatic heterocycles. The molecule has 1 fully saturated rings. The van der Waals surface area contributed by atoms with Crippen LogP contribution < -0.4 is 10.9 Å². The number of benzene rings is 2. The molecule has 28 heavy (non-hydrogen) atoms. The zero-order valence-electron chi connectivity index (χ0n) is 14.6. The molecule has 0 radical (unpaired) electrons. The Kier molecular flexibility index (Phi) is 4.34. The van der Waals surface area contributed by atoms with Gasteiger partial charge in [-0.05, 0) is 29.7 Å². The highest BCUT2D eigenvalue weighted by molar-refractivity contribution is 7.16. The Morgan fingerprint density at radius 2 is 1.75 bits per heavy atom. The minimum Gasteiger partial charge on any atom is -0.250 e. The fraction of sp³-hybridized carbons (Fsp3) is 0.211. The zero-order chi connectivity index (χ0) is 19.1. The van der Waals surface area contributed by atoms with E-state index < -0.39 is 11.6 Å². The van der Waals surface area contributed by atoms with Gasteiger partial charge >= 0.3 is 0 Å². The lowest BCUT2D eigenvalue weighted by Crippen LogP contribution is -2.26. The summed E-state index contributed by atoms with van der Waals surface area (Å²) in [5.74, 6) is -0.668. The number of fused-ring (bicyclic) bond motifs is 1. The number of nitrogens with zero attached hydrogens (tertiary/aromatic N) is 4. The van der Waals surface area contributed by atoms with Crippen molar-refractivity contribution < 1.29 is 8.78 Å². The summed E-state index contributed by atoms with van der Waals surface area (Å²) in [6.07, 6.45) is 1.11. The van der Waals surface area contributed by atoms with Gasteiger partial charge in [0.05, 0.1) is 6.04 Å². The van der Waals surface area contributed by atoms with Crippen LogP contribution in [0.3, 0.4) is 0 Å². The van der Waals surface area contributed by atoms with E-state index in [0.717, 1.165) is 17.5 Å². The third-order valence-electron chi connectivity index (χ3n) is 4.76. The minimum atomic E-state index is -0.608. The van der Waals surface area contributed by atoms with Crippen molar-refractivity contribution in [2.75, 3.05) is 0 Å². The molecule has 1 aliphatic rings. The standard InChI is InChI=1S/C19H16F2N6S/c20-13-6-11(7-14(21)9-13)8-17-24-25-19-27(17)26-18(28-19)16-10-15(22-23-16)12-4-2-1-3-5-12/h1-7,9,15-16,22-23H,8,10H2. The van der Waals surface area contributed by atoms with Gasteiger partial charge in [-0.2, -0.15) is 9.61 Å². The summed E-state index contributed by atoms with van der Waals surface area (Å²) in [6.45, 7) is 0. The van der Waals surface area contributed by atoms with Gasteiger partial charge in [-0.3, -0.25) is 0 Å². The summed E-state index contributed by atoms with van der Waals surface area (Å²) in [7, 11) is 0. The predicted molar refractivity (Wildman–Crippen MR) is 101 cm³/mol. The van der Waals surface area contributed by atoms with Crippen molar-refractivity contribution in [2.45, 2.75) is 24.9 Å². The van der Waals surface area contributed by atoms with Crippen LogP contribution in [-0.4, -0.2) is 19.8 Å². The van der Waals surface area contributed by atoms with E-state index >= 15 is 0 Å². The second kappa shape index (κ2) is 7.01. The number of halogens is 2. The van der Waals surface area contributed by atoms with E-state index in [9.17, 15) is 8.78 Å². The number of hydrogen-bond acceptors (Lipinski definition) is 6. The molecule has 6 nitrogen and oxygen atoms in total. The first kappa shape index (κ1) is 17.4. The van der Waals surface area contributed by atoms with Crippen LogP contribution in [0.4, 0.5) is 8.78 Å². The molecule has 3 heterocycles. The van der Waals surface area contributed by atoms with Gasteiger partial charge < -0.3 is 0 Å². The largest absolute Gasteiger partial charge is 0.250 e. The molecule has 4 aromatic rings. The van der Waals surface area contributed by atoms with E-state index in [1.807, 2.05) is 18.2 Å². The molecule has 0 aliphatic carbocycles. The van der Waals surface area contributed by atoms with Crippen molar-refractivity contribution in [3.8, 4) is 0 Å². The molecule has 5 rings (SSSR count). The molecule has 2 unspecified atom stereocenters. The van der Waals surface area contributed by atoms with Crippen LogP contribution in [0.1, 0.15) is 40.5 Å². The van der Waals surface area contributed by atoms with E-state index in [4.69, 9.17) is 0 Å². The Balaban J connectivity index is 1.38.